The summed E-state index contributed by atoms with van der Waals surface area (Å²) in [7, 11) is 0. The van der Waals surface area contributed by atoms with Crippen LogP contribution in [0.3, 0.4) is 0 Å². The van der Waals surface area contributed by atoms with E-state index in [2.05, 4.69) is 16.1 Å². The predicted molar refractivity (Wildman–Crippen MR) is 37.5 cm³/mol. The molecular weight excluding hydrogens is 148 g/mol. The second-order valence-corrected chi connectivity index (χ2v) is 1.91. The number of rotatable bonds is 3. The lowest BCUT2D eigenvalue weighted by atomic mass is 10.6. The lowest BCUT2D eigenvalue weighted by molar-refractivity contribution is -0.145. The van der Waals surface area contributed by atoms with Crippen LogP contribution in [0.25, 0.3) is 0 Å². The fourth-order valence-electron chi connectivity index (χ4n) is 0.415. The van der Waals surface area contributed by atoms with Gasteiger partial charge in [-0.3, -0.25) is 9.59 Å². The summed E-state index contributed by atoms with van der Waals surface area (Å²) in [6, 6.07) is 0. The molecule has 0 aromatic heterocycles. The molecule has 4 heteroatoms. The zero-order valence-electron chi connectivity index (χ0n) is 6.55. The van der Waals surface area contributed by atoms with E-state index in [0.29, 0.717) is 0 Å². The molecule has 0 atom stereocenters. The normalized spacial score (nSPS) is 8.55. The molecule has 0 N–H and O–H groups in total. The van der Waals surface area contributed by atoms with Gasteiger partial charge in [0.1, 0.15) is 12.4 Å². The van der Waals surface area contributed by atoms with Crippen LogP contribution in [0.15, 0.2) is 12.3 Å². The Balaban J connectivity index is 3.53. The summed E-state index contributed by atoms with van der Waals surface area (Å²) in [6.07, 6.45) is 0. The molecule has 0 radical (unpaired) electrons. The van der Waals surface area contributed by atoms with Gasteiger partial charge in [-0.2, -0.15) is 0 Å². The summed E-state index contributed by atoms with van der Waals surface area (Å²) < 4.78 is 8.98. The van der Waals surface area contributed by atoms with Crippen LogP contribution in [0.5, 0.6) is 0 Å². The molecule has 0 aliphatic carbocycles. The van der Waals surface area contributed by atoms with E-state index < -0.39 is 11.9 Å². The number of ether oxygens (including phenoxy) is 2. The predicted octanol–water partition coefficient (Wildman–Crippen LogP) is 0.626. The van der Waals surface area contributed by atoms with Crippen LogP contribution in [-0.2, 0) is 19.1 Å². The lowest BCUT2D eigenvalue weighted by Gasteiger charge is -2.03. The molecule has 0 saturated heterocycles. The molecule has 0 aromatic carbocycles. The number of hydrogen-bond donors (Lipinski definition) is 0. The van der Waals surface area contributed by atoms with Crippen molar-refractivity contribution in [2.75, 3.05) is 6.61 Å². The van der Waals surface area contributed by atoms with Gasteiger partial charge in [0, 0.05) is 13.8 Å². The average Bonchev–Trinajstić information content (AvgIpc) is 1.82. The van der Waals surface area contributed by atoms with Crippen molar-refractivity contribution in [1.29, 1.82) is 0 Å². The van der Waals surface area contributed by atoms with Gasteiger partial charge in [0.15, 0.2) is 0 Å². The van der Waals surface area contributed by atoms with Crippen molar-refractivity contribution in [3.8, 4) is 0 Å². The van der Waals surface area contributed by atoms with E-state index in [1.807, 2.05) is 0 Å². The van der Waals surface area contributed by atoms with Crippen molar-refractivity contribution in [2.24, 2.45) is 0 Å². The fourth-order valence-corrected chi connectivity index (χ4v) is 0.415. The summed E-state index contributed by atoms with van der Waals surface area (Å²) in [4.78, 5) is 20.5. The van der Waals surface area contributed by atoms with Gasteiger partial charge in [0.2, 0.25) is 0 Å². The summed E-state index contributed by atoms with van der Waals surface area (Å²) in [6.45, 7) is 5.79. The first-order valence-corrected chi connectivity index (χ1v) is 3.02. The maximum Gasteiger partial charge on any atom is 0.307 e. The largest absolute Gasteiger partial charge is 0.458 e. The van der Waals surface area contributed by atoms with Gasteiger partial charge < -0.3 is 9.47 Å². The quantitative estimate of drug-likeness (QED) is 0.446. The Labute approximate surface area is 64.8 Å². The Kier molecular flexibility index (Phi) is 3.95. The molecular formula is C7H10O4. The summed E-state index contributed by atoms with van der Waals surface area (Å²) in [5.41, 5.74) is 0. The molecule has 0 unspecified atom stereocenters. The first-order chi connectivity index (χ1) is 5.02. The molecule has 0 aliphatic rings. The summed E-state index contributed by atoms with van der Waals surface area (Å²) in [5.74, 6) is -0.770. The molecule has 0 amide bonds. The third kappa shape index (κ3) is 6.57. The van der Waals surface area contributed by atoms with Crippen molar-refractivity contribution in [3.05, 3.63) is 12.3 Å². The Hall–Kier alpha value is -1.32. The number of carbonyl (C=O) groups excluding carboxylic acids is 2. The monoisotopic (exact) mass is 158 g/mol. The Morgan fingerprint density at radius 2 is 1.82 bits per heavy atom. The smallest absolute Gasteiger partial charge is 0.307 e. The maximum absolute atomic E-state index is 10.3. The Bertz CT molecular complexity index is 183. The van der Waals surface area contributed by atoms with E-state index in [0.717, 1.165) is 0 Å². The van der Waals surface area contributed by atoms with E-state index in [-0.39, 0.29) is 12.4 Å². The van der Waals surface area contributed by atoms with Gasteiger partial charge in [0.25, 0.3) is 0 Å². The standard InChI is InChI=1S/C7H10O4/c1-5(11-7(3)9)4-10-6(2)8/h1,4H2,2-3H3. The Morgan fingerprint density at radius 3 is 2.18 bits per heavy atom. The van der Waals surface area contributed by atoms with Crippen LogP contribution in [0.1, 0.15) is 13.8 Å². The fraction of sp³-hybridized carbons (Fsp3) is 0.429. The van der Waals surface area contributed by atoms with Crippen LogP contribution in [0.4, 0.5) is 0 Å². The zero-order valence-corrected chi connectivity index (χ0v) is 6.55. The molecule has 0 saturated carbocycles. The highest BCUT2D eigenvalue weighted by Gasteiger charge is 2.00. The Morgan fingerprint density at radius 1 is 1.27 bits per heavy atom. The third-order valence-electron chi connectivity index (χ3n) is 0.724. The van der Waals surface area contributed by atoms with Crippen molar-refractivity contribution >= 4 is 11.9 Å². The third-order valence-corrected chi connectivity index (χ3v) is 0.724. The van der Waals surface area contributed by atoms with E-state index in [4.69, 9.17) is 0 Å². The zero-order chi connectivity index (χ0) is 8.85. The molecule has 0 aromatic rings. The van der Waals surface area contributed by atoms with Gasteiger partial charge in [-0.1, -0.05) is 6.58 Å². The van der Waals surface area contributed by atoms with Crippen molar-refractivity contribution in [2.45, 2.75) is 13.8 Å². The molecule has 0 fully saturated rings. The van der Waals surface area contributed by atoms with Gasteiger partial charge in [-0.05, 0) is 0 Å². The second kappa shape index (κ2) is 4.49. The number of carbonyl (C=O) groups is 2. The van der Waals surface area contributed by atoms with Gasteiger partial charge in [-0.15, -0.1) is 0 Å². The average molecular weight is 158 g/mol. The molecule has 0 spiro atoms. The topological polar surface area (TPSA) is 52.6 Å². The van der Waals surface area contributed by atoms with Crippen molar-refractivity contribution < 1.29 is 19.1 Å². The molecule has 62 valence electrons. The molecule has 0 heterocycles. The first-order valence-electron chi connectivity index (χ1n) is 3.02. The highest BCUT2D eigenvalue weighted by atomic mass is 16.6. The second-order valence-electron chi connectivity index (χ2n) is 1.91. The lowest BCUT2D eigenvalue weighted by Crippen LogP contribution is -2.07. The molecule has 0 aliphatic heterocycles. The minimum absolute atomic E-state index is 0.0745. The highest BCUT2D eigenvalue weighted by molar-refractivity contribution is 5.68. The van der Waals surface area contributed by atoms with E-state index in [1.54, 1.807) is 0 Å². The maximum atomic E-state index is 10.3. The van der Waals surface area contributed by atoms with E-state index >= 15 is 0 Å². The van der Waals surface area contributed by atoms with Gasteiger partial charge >= 0.3 is 11.9 Å². The SMILES string of the molecule is C=C(COC(C)=O)OC(C)=O. The van der Waals surface area contributed by atoms with Crippen LogP contribution in [-0.4, -0.2) is 18.5 Å². The van der Waals surface area contributed by atoms with Crippen LogP contribution in [0.2, 0.25) is 0 Å². The minimum atomic E-state index is -0.470. The molecule has 4 nitrogen and oxygen atoms in total. The van der Waals surface area contributed by atoms with Gasteiger partial charge in [0.05, 0.1) is 0 Å². The highest BCUT2D eigenvalue weighted by Crippen LogP contribution is 1.94. The summed E-state index contributed by atoms with van der Waals surface area (Å²) in [5, 5.41) is 0. The summed E-state index contributed by atoms with van der Waals surface area (Å²) >= 11 is 0. The van der Waals surface area contributed by atoms with Crippen LogP contribution < -0.4 is 0 Å². The van der Waals surface area contributed by atoms with E-state index in [9.17, 15) is 9.59 Å². The number of hydrogen-bond acceptors (Lipinski definition) is 4. The van der Waals surface area contributed by atoms with Crippen molar-refractivity contribution in [1.82, 2.24) is 0 Å². The molecule has 11 heavy (non-hydrogen) atoms. The van der Waals surface area contributed by atoms with Crippen molar-refractivity contribution in [3.63, 3.8) is 0 Å². The van der Waals surface area contributed by atoms with E-state index in [1.165, 1.54) is 13.8 Å². The minimum Gasteiger partial charge on any atom is -0.458 e. The van der Waals surface area contributed by atoms with Crippen LogP contribution in [0, 0.1) is 0 Å². The molecule has 0 rings (SSSR count). The van der Waals surface area contributed by atoms with Crippen LogP contribution >= 0.6 is 0 Å². The number of esters is 2. The van der Waals surface area contributed by atoms with Gasteiger partial charge in [-0.25, -0.2) is 0 Å². The first kappa shape index (κ1) is 9.68. The molecule has 0 bridgehead atoms.